The zero-order valence-corrected chi connectivity index (χ0v) is 13.4. The average Bonchev–Trinajstić information content (AvgIpc) is 2.85. The normalized spacial score (nSPS) is 14.8. The highest BCUT2D eigenvalue weighted by atomic mass is 16.6. The SMILES string of the molecule is CCCCCCCCCCCCCCN1CCOC1=O. The molecule has 0 bridgehead atoms. The summed E-state index contributed by atoms with van der Waals surface area (Å²) in [6.07, 6.45) is 16.2. The van der Waals surface area contributed by atoms with Crippen molar-refractivity contribution in [1.29, 1.82) is 0 Å². The zero-order valence-electron chi connectivity index (χ0n) is 13.4. The number of nitrogens with zero attached hydrogens (tertiary/aromatic N) is 1. The molecule has 0 N–H and O–H groups in total. The Morgan fingerprint density at radius 1 is 0.850 bits per heavy atom. The summed E-state index contributed by atoms with van der Waals surface area (Å²) in [4.78, 5) is 13.0. The molecule has 1 aliphatic heterocycles. The van der Waals surface area contributed by atoms with Crippen LogP contribution in [0.1, 0.15) is 84.0 Å². The van der Waals surface area contributed by atoms with Crippen LogP contribution in [0.3, 0.4) is 0 Å². The van der Waals surface area contributed by atoms with Crippen LogP contribution in [0.15, 0.2) is 0 Å². The van der Waals surface area contributed by atoms with E-state index in [4.69, 9.17) is 4.74 Å². The van der Waals surface area contributed by atoms with Crippen molar-refractivity contribution in [3.8, 4) is 0 Å². The molecule has 1 amide bonds. The fraction of sp³-hybridized carbons (Fsp3) is 0.941. The number of unbranched alkanes of at least 4 members (excludes halogenated alkanes) is 11. The molecule has 0 spiro atoms. The molecule has 20 heavy (non-hydrogen) atoms. The summed E-state index contributed by atoms with van der Waals surface area (Å²) in [6.45, 7) is 4.52. The summed E-state index contributed by atoms with van der Waals surface area (Å²) >= 11 is 0. The lowest BCUT2D eigenvalue weighted by Crippen LogP contribution is -2.25. The van der Waals surface area contributed by atoms with Gasteiger partial charge in [-0.1, -0.05) is 77.6 Å². The topological polar surface area (TPSA) is 29.5 Å². The van der Waals surface area contributed by atoms with Crippen LogP contribution < -0.4 is 0 Å². The van der Waals surface area contributed by atoms with Crippen LogP contribution in [-0.4, -0.2) is 30.7 Å². The standard InChI is InChI=1S/C17H33NO2/c1-2-3-4-5-6-7-8-9-10-11-12-13-14-18-15-16-20-17(18)19/h2-16H2,1H3. The van der Waals surface area contributed by atoms with E-state index >= 15 is 0 Å². The smallest absolute Gasteiger partial charge is 0.409 e. The third-order valence-corrected chi connectivity index (χ3v) is 4.13. The second-order valence-corrected chi connectivity index (χ2v) is 5.99. The Morgan fingerprint density at radius 2 is 1.35 bits per heavy atom. The predicted octanol–water partition coefficient (Wildman–Crippen LogP) is 5.14. The Hall–Kier alpha value is -0.730. The fourth-order valence-electron chi connectivity index (χ4n) is 2.77. The molecule has 3 heteroatoms. The monoisotopic (exact) mass is 283 g/mol. The van der Waals surface area contributed by atoms with Crippen LogP contribution in [0.5, 0.6) is 0 Å². The van der Waals surface area contributed by atoms with Gasteiger partial charge in [-0.05, 0) is 6.42 Å². The van der Waals surface area contributed by atoms with Crippen molar-refractivity contribution >= 4 is 6.09 Å². The van der Waals surface area contributed by atoms with Crippen LogP contribution in [-0.2, 0) is 4.74 Å². The van der Waals surface area contributed by atoms with E-state index in [9.17, 15) is 4.79 Å². The van der Waals surface area contributed by atoms with Gasteiger partial charge < -0.3 is 9.64 Å². The first kappa shape index (κ1) is 17.3. The number of ether oxygens (including phenoxy) is 1. The largest absolute Gasteiger partial charge is 0.448 e. The van der Waals surface area contributed by atoms with Gasteiger partial charge in [0, 0.05) is 6.54 Å². The van der Waals surface area contributed by atoms with Gasteiger partial charge in [-0.2, -0.15) is 0 Å². The van der Waals surface area contributed by atoms with E-state index in [0.29, 0.717) is 6.61 Å². The van der Waals surface area contributed by atoms with Gasteiger partial charge in [0.2, 0.25) is 0 Å². The van der Waals surface area contributed by atoms with Gasteiger partial charge in [-0.3, -0.25) is 0 Å². The number of rotatable bonds is 13. The molecule has 0 radical (unpaired) electrons. The molecule has 1 rings (SSSR count). The molecule has 3 nitrogen and oxygen atoms in total. The molecule has 0 atom stereocenters. The van der Waals surface area contributed by atoms with E-state index in [1.807, 2.05) is 4.90 Å². The molecular formula is C17H33NO2. The second-order valence-electron chi connectivity index (χ2n) is 5.99. The van der Waals surface area contributed by atoms with Gasteiger partial charge in [-0.15, -0.1) is 0 Å². The molecule has 1 fully saturated rings. The van der Waals surface area contributed by atoms with E-state index in [0.717, 1.165) is 19.5 Å². The Bertz CT molecular complexity index is 243. The molecule has 1 heterocycles. The van der Waals surface area contributed by atoms with Crippen molar-refractivity contribution in [2.24, 2.45) is 0 Å². The summed E-state index contributed by atoms with van der Waals surface area (Å²) in [5.74, 6) is 0. The Kier molecular flexibility index (Phi) is 10.4. The van der Waals surface area contributed by atoms with Gasteiger partial charge in [0.05, 0.1) is 6.54 Å². The van der Waals surface area contributed by atoms with Gasteiger partial charge in [0.1, 0.15) is 6.61 Å². The molecule has 1 aliphatic rings. The highest BCUT2D eigenvalue weighted by molar-refractivity contribution is 5.69. The van der Waals surface area contributed by atoms with Crippen molar-refractivity contribution in [3.05, 3.63) is 0 Å². The number of carbonyl (C=O) groups is 1. The van der Waals surface area contributed by atoms with Crippen LogP contribution in [0.4, 0.5) is 4.79 Å². The Morgan fingerprint density at radius 3 is 1.80 bits per heavy atom. The van der Waals surface area contributed by atoms with E-state index in [2.05, 4.69) is 6.92 Å². The minimum atomic E-state index is -0.118. The van der Waals surface area contributed by atoms with E-state index < -0.39 is 0 Å². The predicted molar refractivity (Wildman–Crippen MR) is 84.0 cm³/mol. The summed E-state index contributed by atoms with van der Waals surface area (Å²) in [6, 6.07) is 0. The van der Waals surface area contributed by atoms with Crippen molar-refractivity contribution in [2.45, 2.75) is 84.0 Å². The number of amides is 1. The van der Waals surface area contributed by atoms with Crippen LogP contribution in [0.2, 0.25) is 0 Å². The quantitative estimate of drug-likeness (QED) is 0.438. The number of cyclic esters (lactones) is 1. The summed E-state index contributed by atoms with van der Waals surface area (Å²) < 4.78 is 4.91. The lowest BCUT2D eigenvalue weighted by atomic mass is 10.1. The molecule has 0 aromatic rings. The first-order valence-electron chi connectivity index (χ1n) is 8.76. The van der Waals surface area contributed by atoms with Gasteiger partial charge in [-0.25, -0.2) is 4.79 Å². The average molecular weight is 283 g/mol. The summed E-state index contributed by atoms with van der Waals surface area (Å²) in [5, 5.41) is 0. The summed E-state index contributed by atoms with van der Waals surface area (Å²) in [7, 11) is 0. The maximum atomic E-state index is 11.2. The van der Waals surface area contributed by atoms with Crippen LogP contribution >= 0.6 is 0 Å². The number of hydrogen-bond donors (Lipinski definition) is 0. The van der Waals surface area contributed by atoms with Crippen molar-refractivity contribution in [3.63, 3.8) is 0 Å². The first-order valence-corrected chi connectivity index (χ1v) is 8.76. The lowest BCUT2D eigenvalue weighted by Gasteiger charge is -2.11. The van der Waals surface area contributed by atoms with E-state index in [1.54, 1.807) is 0 Å². The molecule has 0 saturated carbocycles. The summed E-state index contributed by atoms with van der Waals surface area (Å²) in [5.41, 5.74) is 0. The molecule has 0 unspecified atom stereocenters. The van der Waals surface area contributed by atoms with E-state index in [1.165, 1.54) is 70.6 Å². The third kappa shape index (κ3) is 8.44. The lowest BCUT2D eigenvalue weighted by molar-refractivity contribution is 0.158. The highest BCUT2D eigenvalue weighted by Gasteiger charge is 2.20. The van der Waals surface area contributed by atoms with E-state index in [-0.39, 0.29) is 6.09 Å². The number of hydrogen-bond acceptors (Lipinski definition) is 2. The Balaban J connectivity index is 1.73. The molecular weight excluding hydrogens is 250 g/mol. The minimum Gasteiger partial charge on any atom is -0.448 e. The van der Waals surface area contributed by atoms with Gasteiger partial charge in [0.15, 0.2) is 0 Å². The molecule has 0 aliphatic carbocycles. The van der Waals surface area contributed by atoms with Crippen molar-refractivity contribution < 1.29 is 9.53 Å². The molecule has 0 aromatic heterocycles. The van der Waals surface area contributed by atoms with Crippen LogP contribution in [0.25, 0.3) is 0 Å². The second kappa shape index (κ2) is 12.0. The molecule has 118 valence electrons. The van der Waals surface area contributed by atoms with Gasteiger partial charge in [0.25, 0.3) is 0 Å². The van der Waals surface area contributed by atoms with Gasteiger partial charge >= 0.3 is 6.09 Å². The first-order chi connectivity index (χ1) is 9.84. The van der Waals surface area contributed by atoms with Crippen molar-refractivity contribution in [2.75, 3.05) is 19.7 Å². The maximum Gasteiger partial charge on any atom is 0.409 e. The Labute approximate surface area is 125 Å². The number of carbonyl (C=O) groups excluding carboxylic acids is 1. The molecule has 0 aromatic carbocycles. The maximum absolute atomic E-state index is 11.2. The fourth-order valence-corrected chi connectivity index (χ4v) is 2.77. The zero-order chi connectivity index (χ0) is 14.5. The van der Waals surface area contributed by atoms with Crippen LogP contribution in [0, 0.1) is 0 Å². The minimum absolute atomic E-state index is 0.118. The van der Waals surface area contributed by atoms with Crippen molar-refractivity contribution in [1.82, 2.24) is 4.90 Å². The molecule has 1 saturated heterocycles. The third-order valence-electron chi connectivity index (χ3n) is 4.13. The highest BCUT2D eigenvalue weighted by Crippen LogP contribution is 2.12.